The van der Waals surface area contributed by atoms with E-state index in [4.69, 9.17) is 6.42 Å². The van der Waals surface area contributed by atoms with E-state index in [1.165, 1.54) is 0 Å². The smallest absolute Gasteiger partial charge is 0.141 e. The maximum Gasteiger partial charge on any atom is 0.141 e. The summed E-state index contributed by atoms with van der Waals surface area (Å²) in [6, 6.07) is 5.13. The first-order valence-electron chi connectivity index (χ1n) is 3.57. The second-order valence-electron chi connectivity index (χ2n) is 2.53. The molecule has 0 aliphatic rings. The van der Waals surface area contributed by atoms with Crippen LogP contribution in [0.2, 0.25) is 0 Å². The summed E-state index contributed by atoms with van der Waals surface area (Å²) in [7, 11) is 0. The molecule has 2 heteroatoms. The van der Waals surface area contributed by atoms with Crippen LogP contribution in [0.1, 0.15) is 18.4 Å². The Bertz CT molecular complexity index is 325. The van der Waals surface area contributed by atoms with Gasteiger partial charge in [0.15, 0.2) is 0 Å². The zero-order chi connectivity index (χ0) is 9.14. The minimum Gasteiger partial charge on any atom is -0.205 e. The molecule has 0 spiro atoms. The zero-order valence-corrected chi connectivity index (χ0v) is 8.23. The molecule has 62 valence electrons. The molecule has 0 N–H and O–H groups in total. The molecule has 0 aliphatic heterocycles. The SMILES string of the molecule is C#CC(C)c1cccc(Br)c1F. The predicted octanol–water partition coefficient (Wildman–Crippen LogP) is 3.32. The van der Waals surface area contributed by atoms with Gasteiger partial charge in [0.05, 0.1) is 4.47 Å². The highest BCUT2D eigenvalue weighted by molar-refractivity contribution is 9.10. The Kier molecular flexibility index (Phi) is 2.88. The quantitative estimate of drug-likeness (QED) is 0.645. The Morgan fingerprint density at radius 2 is 2.25 bits per heavy atom. The summed E-state index contributed by atoms with van der Waals surface area (Å²) < 4.78 is 13.8. The van der Waals surface area contributed by atoms with Crippen molar-refractivity contribution in [2.24, 2.45) is 0 Å². The number of hydrogen-bond acceptors (Lipinski definition) is 0. The van der Waals surface area contributed by atoms with Crippen molar-refractivity contribution >= 4 is 15.9 Å². The summed E-state index contributed by atoms with van der Waals surface area (Å²) in [5.74, 6) is 2.05. The largest absolute Gasteiger partial charge is 0.205 e. The van der Waals surface area contributed by atoms with E-state index in [0.717, 1.165) is 0 Å². The van der Waals surface area contributed by atoms with Crippen LogP contribution in [0.4, 0.5) is 4.39 Å². The average Bonchev–Trinajstić information content (AvgIpc) is 2.08. The minimum atomic E-state index is -0.261. The lowest BCUT2D eigenvalue weighted by atomic mass is 10.0. The van der Waals surface area contributed by atoms with Crippen LogP contribution in [0.15, 0.2) is 22.7 Å². The van der Waals surface area contributed by atoms with Gasteiger partial charge in [-0.1, -0.05) is 18.1 Å². The van der Waals surface area contributed by atoms with E-state index in [-0.39, 0.29) is 11.7 Å². The average molecular weight is 227 g/mol. The summed E-state index contributed by atoms with van der Waals surface area (Å²) >= 11 is 3.10. The van der Waals surface area contributed by atoms with Crippen molar-refractivity contribution in [1.29, 1.82) is 0 Å². The van der Waals surface area contributed by atoms with Gasteiger partial charge in [0, 0.05) is 11.5 Å². The molecule has 0 bridgehead atoms. The molecule has 0 aliphatic carbocycles. The van der Waals surface area contributed by atoms with E-state index in [1.807, 2.05) is 0 Å². The van der Waals surface area contributed by atoms with Gasteiger partial charge in [-0.05, 0) is 28.9 Å². The molecule has 12 heavy (non-hydrogen) atoms. The lowest BCUT2D eigenvalue weighted by molar-refractivity contribution is 0.600. The van der Waals surface area contributed by atoms with Crippen molar-refractivity contribution in [1.82, 2.24) is 0 Å². The maximum atomic E-state index is 13.3. The van der Waals surface area contributed by atoms with Crippen LogP contribution in [-0.2, 0) is 0 Å². The fourth-order valence-electron chi connectivity index (χ4n) is 0.945. The van der Waals surface area contributed by atoms with E-state index in [1.54, 1.807) is 25.1 Å². The molecule has 0 heterocycles. The Labute approximate surface area is 79.9 Å². The molecule has 1 aromatic rings. The molecule has 1 atom stereocenters. The van der Waals surface area contributed by atoms with Crippen LogP contribution in [0.3, 0.4) is 0 Å². The molecule has 0 nitrogen and oxygen atoms in total. The Morgan fingerprint density at radius 1 is 1.58 bits per heavy atom. The fraction of sp³-hybridized carbons (Fsp3) is 0.200. The lowest BCUT2D eigenvalue weighted by Gasteiger charge is -2.06. The van der Waals surface area contributed by atoms with E-state index in [0.29, 0.717) is 10.0 Å². The highest BCUT2D eigenvalue weighted by Gasteiger charge is 2.09. The van der Waals surface area contributed by atoms with Crippen molar-refractivity contribution in [2.75, 3.05) is 0 Å². The molecule has 0 saturated carbocycles. The third kappa shape index (κ3) is 1.67. The van der Waals surface area contributed by atoms with Crippen molar-refractivity contribution < 1.29 is 4.39 Å². The number of terminal acetylenes is 1. The zero-order valence-electron chi connectivity index (χ0n) is 6.64. The first kappa shape index (κ1) is 9.28. The number of benzene rings is 1. The molecule has 1 unspecified atom stereocenters. The van der Waals surface area contributed by atoms with Gasteiger partial charge in [0.25, 0.3) is 0 Å². The van der Waals surface area contributed by atoms with Crippen LogP contribution < -0.4 is 0 Å². The van der Waals surface area contributed by atoms with Crippen LogP contribution in [0.5, 0.6) is 0 Å². The summed E-state index contributed by atoms with van der Waals surface area (Å²) in [6.45, 7) is 1.80. The second-order valence-corrected chi connectivity index (χ2v) is 3.39. The Balaban J connectivity index is 3.18. The summed E-state index contributed by atoms with van der Waals surface area (Å²) in [6.07, 6.45) is 5.19. The van der Waals surface area contributed by atoms with Gasteiger partial charge >= 0.3 is 0 Å². The van der Waals surface area contributed by atoms with Crippen molar-refractivity contribution in [3.8, 4) is 12.3 Å². The number of halogens is 2. The molecule has 0 amide bonds. The molecule has 0 saturated heterocycles. The Morgan fingerprint density at radius 3 is 2.83 bits per heavy atom. The van der Waals surface area contributed by atoms with Crippen LogP contribution in [0.25, 0.3) is 0 Å². The number of rotatable bonds is 1. The van der Waals surface area contributed by atoms with Gasteiger partial charge in [-0.2, -0.15) is 0 Å². The van der Waals surface area contributed by atoms with Crippen molar-refractivity contribution in [3.63, 3.8) is 0 Å². The van der Waals surface area contributed by atoms with Gasteiger partial charge in [0.2, 0.25) is 0 Å². The monoisotopic (exact) mass is 226 g/mol. The molecule has 1 rings (SSSR count). The first-order valence-corrected chi connectivity index (χ1v) is 4.36. The summed E-state index contributed by atoms with van der Waals surface area (Å²) in [5.41, 5.74) is 0.562. The molecule has 0 aromatic heterocycles. The predicted molar refractivity (Wildman–Crippen MR) is 51.3 cm³/mol. The molecule has 0 radical (unpaired) electrons. The van der Waals surface area contributed by atoms with Gasteiger partial charge < -0.3 is 0 Å². The minimum absolute atomic E-state index is 0.178. The molecular weight excluding hydrogens is 219 g/mol. The van der Waals surface area contributed by atoms with Gasteiger partial charge in [-0.3, -0.25) is 0 Å². The van der Waals surface area contributed by atoms with Crippen LogP contribution in [-0.4, -0.2) is 0 Å². The van der Waals surface area contributed by atoms with Gasteiger partial charge in [0.1, 0.15) is 5.82 Å². The van der Waals surface area contributed by atoms with Gasteiger partial charge in [-0.25, -0.2) is 4.39 Å². The van der Waals surface area contributed by atoms with E-state index >= 15 is 0 Å². The van der Waals surface area contributed by atoms with E-state index in [2.05, 4.69) is 21.9 Å². The topological polar surface area (TPSA) is 0 Å². The van der Waals surface area contributed by atoms with Crippen LogP contribution in [0, 0.1) is 18.2 Å². The normalized spacial score (nSPS) is 12.2. The highest BCUT2D eigenvalue weighted by Crippen LogP contribution is 2.24. The van der Waals surface area contributed by atoms with Gasteiger partial charge in [-0.15, -0.1) is 6.42 Å². The van der Waals surface area contributed by atoms with Crippen LogP contribution >= 0.6 is 15.9 Å². The molecular formula is C10H8BrF. The second kappa shape index (κ2) is 3.73. The van der Waals surface area contributed by atoms with Crippen molar-refractivity contribution in [2.45, 2.75) is 12.8 Å². The van der Waals surface area contributed by atoms with E-state index < -0.39 is 0 Å². The summed E-state index contributed by atoms with van der Waals surface area (Å²) in [4.78, 5) is 0. The summed E-state index contributed by atoms with van der Waals surface area (Å²) in [5, 5.41) is 0. The number of hydrogen-bond donors (Lipinski definition) is 0. The standard InChI is InChI=1S/C10H8BrF/c1-3-7(2)8-5-4-6-9(11)10(8)12/h1,4-7H,2H3. The third-order valence-corrected chi connectivity index (χ3v) is 2.31. The Hall–Kier alpha value is -0.810. The third-order valence-electron chi connectivity index (χ3n) is 1.70. The highest BCUT2D eigenvalue weighted by atomic mass is 79.9. The lowest BCUT2D eigenvalue weighted by Crippen LogP contribution is -1.94. The first-order chi connectivity index (χ1) is 5.66. The van der Waals surface area contributed by atoms with E-state index in [9.17, 15) is 4.39 Å². The maximum absolute atomic E-state index is 13.3. The molecule has 1 aromatic carbocycles. The van der Waals surface area contributed by atoms with Crippen molar-refractivity contribution in [3.05, 3.63) is 34.1 Å². The molecule has 0 fully saturated rings. The fourth-order valence-corrected chi connectivity index (χ4v) is 1.33.